The third kappa shape index (κ3) is 3.94. The number of hydrogen-bond acceptors (Lipinski definition) is 5. The van der Waals surface area contributed by atoms with E-state index in [4.69, 9.17) is 4.52 Å². The molecule has 0 bridgehead atoms. The Kier molecular flexibility index (Phi) is 5.10. The SMILES string of the molecule is Cc1noc(C(C)C)c1C(=O)NCCc1ccc([N+](=O)[O-])cc1. The van der Waals surface area contributed by atoms with Crippen LogP contribution in [0.3, 0.4) is 0 Å². The van der Waals surface area contributed by atoms with Crippen molar-refractivity contribution in [3.05, 3.63) is 57.0 Å². The van der Waals surface area contributed by atoms with E-state index in [-0.39, 0.29) is 17.5 Å². The Hall–Kier alpha value is -2.70. The van der Waals surface area contributed by atoms with Crippen molar-refractivity contribution in [2.24, 2.45) is 0 Å². The Morgan fingerprint density at radius 3 is 2.57 bits per heavy atom. The zero-order chi connectivity index (χ0) is 17.0. The molecule has 1 heterocycles. The first kappa shape index (κ1) is 16.7. The van der Waals surface area contributed by atoms with Crippen molar-refractivity contribution in [1.82, 2.24) is 10.5 Å². The van der Waals surface area contributed by atoms with Gasteiger partial charge in [-0.05, 0) is 18.9 Å². The highest BCUT2D eigenvalue weighted by molar-refractivity contribution is 5.96. The summed E-state index contributed by atoms with van der Waals surface area (Å²) in [5.74, 6) is 0.441. The minimum Gasteiger partial charge on any atom is -0.360 e. The van der Waals surface area contributed by atoms with Crippen LogP contribution in [0.2, 0.25) is 0 Å². The maximum absolute atomic E-state index is 12.3. The Balaban J connectivity index is 1.95. The fourth-order valence-corrected chi connectivity index (χ4v) is 2.25. The van der Waals surface area contributed by atoms with Crippen LogP contribution >= 0.6 is 0 Å². The topological polar surface area (TPSA) is 98.3 Å². The van der Waals surface area contributed by atoms with Crippen molar-refractivity contribution in [2.45, 2.75) is 33.1 Å². The van der Waals surface area contributed by atoms with Gasteiger partial charge in [0.2, 0.25) is 0 Å². The first-order valence-corrected chi connectivity index (χ1v) is 7.38. The molecular formula is C16H19N3O4. The Morgan fingerprint density at radius 2 is 2.00 bits per heavy atom. The molecule has 2 aromatic rings. The molecule has 0 fully saturated rings. The van der Waals surface area contributed by atoms with Crippen molar-refractivity contribution in [2.75, 3.05) is 6.54 Å². The number of nitrogens with zero attached hydrogens (tertiary/aromatic N) is 2. The number of rotatable bonds is 6. The van der Waals surface area contributed by atoms with Crippen LogP contribution in [0.4, 0.5) is 5.69 Å². The summed E-state index contributed by atoms with van der Waals surface area (Å²) in [6, 6.07) is 6.29. The van der Waals surface area contributed by atoms with Crippen molar-refractivity contribution < 1.29 is 14.2 Å². The number of amides is 1. The van der Waals surface area contributed by atoms with E-state index >= 15 is 0 Å². The zero-order valence-electron chi connectivity index (χ0n) is 13.3. The maximum Gasteiger partial charge on any atom is 0.269 e. The molecule has 1 aromatic carbocycles. The number of nitrogens with one attached hydrogen (secondary N) is 1. The van der Waals surface area contributed by atoms with Crippen molar-refractivity contribution in [3.63, 3.8) is 0 Å². The predicted molar refractivity (Wildman–Crippen MR) is 84.5 cm³/mol. The molecule has 0 saturated heterocycles. The molecule has 1 amide bonds. The summed E-state index contributed by atoms with van der Waals surface area (Å²) in [5.41, 5.74) is 2.03. The molecule has 0 spiro atoms. The van der Waals surface area contributed by atoms with Gasteiger partial charge in [-0.2, -0.15) is 0 Å². The molecule has 122 valence electrons. The van der Waals surface area contributed by atoms with E-state index < -0.39 is 4.92 Å². The van der Waals surface area contributed by atoms with E-state index in [2.05, 4.69) is 10.5 Å². The number of nitro benzene ring substituents is 1. The molecule has 7 nitrogen and oxygen atoms in total. The standard InChI is InChI=1S/C16H19N3O4/c1-10(2)15-14(11(3)18-23-15)16(20)17-9-8-12-4-6-13(7-5-12)19(21)22/h4-7,10H,8-9H2,1-3H3,(H,17,20). The highest BCUT2D eigenvalue weighted by atomic mass is 16.6. The summed E-state index contributed by atoms with van der Waals surface area (Å²) in [6.45, 7) is 6.04. The number of carbonyl (C=O) groups excluding carboxylic acids is 1. The second-order valence-electron chi connectivity index (χ2n) is 5.59. The van der Waals surface area contributed by atoms with Crippen LogP contribution in [-0.2, 0) is 6.42 Å². The van der Waals surface area contributed by atoms with Crippen LogP contribution in [0.5, 0.6) is 0 Å². The lowest BCUT2D eigenvalue weighted by atomic mass is 10.0. The van der Waals surface area contributed by atoms with E-state index in [0.717, 1.165) is 5.56 Å². The number of carbonyl (C=O) groups is 1. The fraction of sp³-hybridized carbons (Fsp3) is 0.375. The Morgan fingerprint density at radius 1 is 1.35 bits per heavy atom. The normalized spacial score (nSPS) is 10.8. The molecule has 23 heavy (non-hydrogen) atoms. The quantitative estimate of drug-likeness (QED) is 0.652. The number of nitro groups is 1. The van der Waals surface area contributed by atoms with Crippen molar-refractivity contribution in [1.29, 1.82) is 0 Å². The number of hydrogen-bond donors (Lipinski definition) is 1. The fourth-order valence-electron chi connectivity index (χ4n) is 2.25. The summed E-state index contributed by atoms with van der Waals surface area (Å²) < 4.78 is 5.20. The molecule has 0 radical (unpaired) electrons. The lowest BCUT2D eigenvalue weighted by Crippen LogP contribution is -2.27. The van der Waals surface area contributed by atoms with E-state index in [1.807, 2.05) is 13.8 Å². The van der Waals surface area contributed by atoms with Gasteiger partial charge in [-0.3, -0.25) is 14.9 Å². The molecule has 0 unspecified atom stereocenters. The van der Waals surface area contributed by atoms with Gasteiger partial charge in [0.25, 0.3) is 11.6 Å². The van der Waals surface area contributed by atoms with E-state index in [1.54, 1.807) is 19.1 Å². The second kappa shape index (κ2) is 7.04. The molecule has 1 N–H and O–H groups in total. The molecule has 1 aromatic heterocycles. The minimum atomic E-state index is -0.437. The first-order chi connectivity index (χ1) is 10.9. The van der Waals surface area contributed by atoms with Gasteiger partial charge in [0.15, 0.2) is 5.76 Å². The lowest BCUT2D eigenvalue weighted by Gasteiger charge is -2.07. The van der Waals surface area contributed by atoms with Crippen molar-refractivity contribution >= 4 is 11.6 Å². The first-order valence-electron chi connectivity index (χ1n) is 7.38. The molecule has 0 aliphatic heterocycles. The van der Waals surface area contributed by atoms with Crippen LogP contribution in [0, 0.1) is 17.0 Å². The Labute approximate surface area is 133 Å². The third-order valence-corrected chi connectivity index (χ3v) is 3.49. The van der Waals surface area contributed by atoms with Gasteiger partial charge in [-0.25, -0.2) is 0 Å². The van der Waals surface area contributed by atoms with Gasteiger partial charge in [0.05, 0.1) is 10.6 Å². The number of aromatic nitrogens is 1. The van der Waals surface area contributed by atoms with Crippen LogP contribution in [-0.4, -0.2) is 22.5 Å². The van der Waals surface area contributed by atoms with Gasteiger partial charge in [-0.1, -0.05) is 31.1 Å². The molecule has 0 atom stereocenters. The lowest BCUT2D eigenvalue weighted by molar-refractivity contribution is -0.384. The minimum absolute atomic E-state index is 0.0551. The van der Waals surface area contributed by atoms with Gasteiger partial charge in [0, 0.05) is 24.6 Å². The largest absolute Gasteiger partial charge is 0.360 e. The molecule has 2 rings (SSSR count). The van der Waals surface area contributed by atoms with E-state index in [9.17, 15) is 14.9 Å². The average molecular weight is 317 g/mol. The molecule has 7 heteroatoms. The molecule has 0 saturated carbocycles. The number of non-ortho nitro benzene ring substituents is 1. The van der Waals surface area contributed by atoms with Gasteiger partial charge in [-0.15, -0.1) is 0 Å². The van der Waals surface area contributed by atoms with E-state index in [0.29, 0.717) is 30.0 Å². The Bertz CT molecular complexity index is 705. The smallest absolute Gasteiger partial charge is 0.269 e. The third-order valence-electron chi connectivity index (χ3n) is 3.49. The van der Waals surface area contributed by atoms with Crippen molar-refractivity contribution in [3.8, 4) is 0 Å². The van der Waals surface area contributed by atoms with Crippen LogP contribution in [0.25, 0.3) is 0 Å². The highest BCUT2D eigenvalue weighted by Gasteiger charge is 2.22. The molecular weight excluding hydrogens is 298 g/mol. The van der Waals surface area contributed by atoms with Crippen LogP contribution < -0.4 is 5.32 Å². The summed E-state index contributed by atoms with van der Waals surface area (Å²) in [4.78, 5) is 22.4. The highest BCUT2D eigenvalue weighted by Crippen LogP contribution is 2.22. The van der Waals surface area contributed by atoms with Crippen LogP contribution in [0.15, 0.2) is 28.8 Å². The second-order valence-corrected chi connectivity index (χ2v) is 5.59. The number of benzene rings is 1. The molecule has 0 aliphatic carbocycles. The van der Waals surface area contributed by atoms with E-state index in [1.165, 1.54) is 12.1 Å². The number of aryl methyl sites for hydroxylation is 1. The predicted octanol–water partition coefficient (Wildman–Crippen LogP) is 2.99. The summed E-state index contributed by atoms with van der Waals surface area (Å²) in [5, 5.41) is 17.3. The molecule has 0 aliphatic rings. The monoisotopic (exact) mass is 317 g/mol. The average Bonchev–Trinajstić information content (AvgIpc) is 2.89. The summed E-state index contributed by atoms with van der Waals surface area (Å²) >= 11 is 0. The van der Waals surface area contributed by atoms with Crippen LogP contribution in [0.1, 0.15) is 47.1 Å². The van der Waals surface area contributed by atoms with Gasteiger partial charge in [0.1, 0.15) is 5.56 Å². The maximum atomic E-state index is 12.3. The van der Waals surface area contributed by atoms with Gasteiger partial charge < -0.3 is 9.84 Å². The summed E-state index contributed by atoms with van der Waals surface area (Å²) in [6.07, 6.45) is 0.588. The summed E-state index contributed by atoms with van der Waals surface area (Å²) in [7, 11) is 0. The van der Waals surface area contributed by atoms with Gasteiger partial charge >= 0.3 is 0 Å². The zero-order valence-corrected chi connectivity index (χ0v) is 13.3.